The van der Waals surface area contributed by atoms with Crippen molar-refractivity contribution in [3.63, 3.8) is 0 Å². The monoisotopic (exact) mass is 242 g/mol. The summed E-state index contributed by atoms with van der Waals surface area (Å²) in [5.74, 6) is -0.334. The van der Waals surface area contributed by atoms with Gasteiger partial charge in [-0.25, -0.2) is 4.39 Å². The third kappa shape index (κ3) is 2.39. The summed E-state index contributed by atoms with van der Waals surface area (Å²) in [6, 6.07) is 4.91. The summed E-state index contributed by atoms with van der Waals surface area (Å²) in [6.45, 7) is 2.54. The Morgan fingerprint density at radius 2 is 2.38 bits per heavy atom. The Labute approximate surface area is 98.8 Å². The first-order chi connectivity index (χ1) is 7.72. The van der Waals surface area contributed by atoms with E-state index in [0.717, 1.165) is 17.9 Å². The van der Waals surface area contributed by atoms with Crippen LogP contribution in [0.4, 0.5) is 4.39 Å². The molecule has 4 heteroatoms. The van der Waals surface area contributed by atoms with E-state index >= 15 is 0 Å². The molecular formula is C12H15FO2S. The lowest BCUT2D eigenvalue weighted by atomic mass is 10.2. The van der Waals surface area contributed by atoms with Crippen molar-refractivity contribution in [1.29, 1.82) is 0 Å². The molecule has 2 atom stereocenters. The van der Waals surface area contributed by atoms with E-state index in [0.29, 0.717) is 10.8 Å². The average Bonchev–Trinajstić information content (AvgIpc) is 2.65. The maximum Gasteiger partial charge on any atom is 0.129 e. The molecule has 2 nitrogen and oxygen atoms in total. The van der Waals surface area contributed by atoms with Crippen molar-refractivity contribution in [2.45, 2.75) is 36.2 Å². The molecule has 2 unspecified atom stereocenters. The number of thioether (sulfide) groups is 1. The van der Waals surface area contributed by atoms with Gasteiger partial charge in [-0.05, 0) is 25.5 Å². The normalized spacial score (nSPS) is 24.9. The molecule has 1 heterocycles. The zero-order valence-electron chi connectivity index (χ0n) is 9.15. The molecule has 0 aromatic heterocycles. The topological polar surface area (TPSA) is 29.5 Å². The maximum absolute atomic E-state index is 13.4. The fourth-order valence-electron chi connectivity index (χ4n) is 1.83. The Morgan fingerprint density at radius 1 is 1.56 bits per heavy atom. The number of hydrogen-bond acceptors (Lipinski definition) is 3. The van der Waals surface area contributed by atoms with Crippen molar-refractivity contribution >= 4 is 11.8 Å². The first kappa shape index (κ1) is 11.9. The number of halogens is 1. The first-order valence-electron chi connectivity index (χ1n) is 5.39. The Bertz CT molecular complexity index is 370. The van der Waals surface area contributed by atoms with E-state index in [-0.39, 0.29) is 18.5 Å². The smallest absolute Gasteiger partial charge is 0.129 e. The quantitative estimate of drug-likeness (QED) is 0.883. The van der Waals surface area contributed by atoms with Crippen LogP contribution in [0.25, 0.3) is 0 Å². The Hall–Kier alpha value is -0.580. The lowest BCUT2D eigenvalue weighted by Crippen LogP contribution is -2.13. The van der Waals surface area contributed by atoms with Gasteiger partial charge in [-0.1, -0.05) is 6.07 Å². The minimum absolute atomic E-state index is 0.194. The molecule has 1 aromatic carbocycles. The van der Waals surface area contributed by atoms with E-state index < -0.39 is 0 Å². The predicted octanol–water partition coefficient (Wildman–Crippen LogP) is 2.59. The highest BCUT2D eigenvalue weighted by Crippen LogP contribution is 2.35. The highest BCUT2D eigenvalue weighted by molar-refractivity contribution is 8.00. The molecule has 0 radical (unpaired) electrons. The van der Waals surface area contributed by atoms with E-state index in [2.05, 4.69) is 0 Å². The molecule has 0 spiro atoms. The Kier molecular flexibility index (Phi) is 3.84. The molecule has 0 aliphatic carbocycles. The number of hydrogen-bond donors (Lipinski definition) is 1. The lowest BCUT2D eigenvalue weighted by molar-refractivity contribution is 0.127. The molecule has 0 saturated carbocycles. The Balaban J connectivity index is 2.17. The molecule has 1 saturated heterocycles. The minimum Gasteiger partial charge on any atom is -0.392 e. The van der Waals surface area contributed by atoms with Gasteiger partial charge >= 0.3 is 0 Å². The molecular weight excluding hydrogens is 227 g/mol. The molecule has 1 fully saturated rings. The number of rotatable bonds is 3. The fourth-order valence-corrected chi connectivity index (χ4v) is 3.10. The van der Waals surface area contributed by atoms with Gasteiger partial charge in [-0.15, -0.1) is 11.8 Å². The third-order valence-corrected chi connectivity index (χ3v) is 4.38. The molecule has 88 valence electrons. The SMILES string of the molecule is CC1OCCC1Sc1cccc(F)c1CO. The molecule has 1 aromatic rings. The largest absolute Gasteiger partial charge is 0.392 e. The number of benzene rings is 1. The van der Waals surface area contributed by atoms with Crippen LogP contribution < -0.4 is 0 Å². The van der Waals surface area contributed by atoms with Crippen molar-refractivity contribution in [3.05, 3.63) is 29.6 Å². The van der Waals surface area contributed by atoms with Gasteiger partial charge < -0.3 is 9.84 Å². The fraction of sp³-hybridized carbons (Fsp3) is 0.500. The molecule has 1 N–H and O–H groups in total. The highest BCUT2D eigenvalue weighted by Gasteiger charge is 2.26. The zero-order valence-corrected chi connectivity index (χ0v) is 9.97. The van der Waals surface area contributed by atoms with Gasteiger partial charge in [-0.3, -0.25) is 0 Å². The molecule has 0 bridgehead atoms. The van der Waals surface area contributed by atoms with E-state index in [4.69, 9.17) is 9.84 Å². The molecule has 16 heavy (non-hydrogen) atoms. The van der Waals surface area contributed by atoms with E-state index in [1.807, 2.05) is 13.0 Å². The average molecular weight is 242 g/mol. The second-order valence-electron chi connectivity index (χ2n) is 3.90. The summed E-state index contributed by atoms with van der Waals surface area (Å²) >= 11 is 1.60. The van der Waals surface area contributed by atoms with E-state index in [1.165, 1.54) is 6.07 Å². The molecule has 0 amide bonds. The minimum atomic E-state index is -0.334. The van der Waals surface area contributed by atoms with Gasteiger partial charge in [0.2, 0.25) is 0 Å². The van der Waals surface area contributed by atoms with Crippen LogP contribution in [-0.2, 0) is 11.3 Å². The maximum atomic E-state index is 13.4. The van der Waals surface area contributed by atoms with E-state index in [9.17, 15) is 4.39 Å². The summed E-state index contributed by atoms with van der Waals surface area (Å²) in [7, 11) is 0. The van der Waals surface area contributed by atoms with Crippen molar-refractivity contribution in [2.75, 3.05) is 6.61 Å². The summed E-state index contributed by atoms with van der Waals surface area (Å²) in [5.41, 5.74) is 0.395. The van der Waals surface area contributed by atoms with Crippen LogP contribution in [0.1, 0.15) is 18.9 Å². The van der Waals surface area contributed by atoms with Crippen LogP contribution in [0.3, 0.4) is 0 Å². The van der Waals surface area contributed by atoms with Crippen LogP contribution in [0.2, 0.25) is 0 Å². The van der Waals surface area contributed by atoms with Crippen LogP contribution in [0.15, 0.2) is 23.1 Å². The van der Waals surface area contributed by atoms with Crippen molar-refractivity contribution < 1.29 is 14.2 Å². The first-order valence-corrected chi connectivity index (χ1v) is 6.27. The van der Waals surface area contributed by atoms with Crippen LogP contribution in [-0.4, -0.2) is 23.1 Å². The summed E-state index contributed by atoms with van der Waals surface area (Å²) in [4.78, 5) is 0.824. The summed E-state index contributed by atoms with van der Waals surface area (Å²) < 4.78 is 18.9. The molecule has 1 aliphatic rings. The van der Waals surface area contributed by atoms with Crippen molar-refractivity contribution in [2.24, 2.45) is 0 Å². The highest BCUT2D eigenvalue weighted by atomic mass is 32.2. The van der Waals surface area contributed by atoms with Gasteiger partial charge in [0.15, 0.2) is 0 Å². The van der Waals surface area contributed by atoms with Gasteiger partial charge in [-0.2, -0.15) is 0 Å². The van der Waals surface area contributed by atoms with Crippen molar-refractivity contribution in [3.8, 4) is 0 Å². The van der Waals surface area contributed by atoms with Crippen LogP contribution in [0.5, 0.6) is 0 Å². The predicted molar refractivity (Wildman–Crippen MR) is 62.0 cm³/mol. The summed E-state index contributed by atoms with van der Waals surface area (Å²) in [5, 5.41) is 9.51. The number of ether oxygens (including phenoxy) is 1. The van der Waals surface area contributed by atoms with Gasteiger partial charge in [0.05, 0.1) is 12.7 Å². The van der Waals surface area contributed by atoms with E-state index in [1.54, 1.807) is 17.8 Å². The second-order valence-corrected chi connectivity index (χ2v) is 5.18. The number of aliphatic hydroxyl groups is 1. The van der Waals surface area contributed by atoms with Gasteiger partial charge in [0.25, 0.3) is 0 Å². The van der Waals surface area contributed by atoms with Crippen molar-refractivity contribution in [1.82, 2.24) is 0 Å². The third-order valence-electron chi connectivity index (χ3n) is 2.82. The van der Waals surface area contributed by atoms with Gasteiger partial charge in [0.1, 0.15) is 5.82 Å². The number of aliphatic hydroxyl groups excluding tert-OH is 1. The molecule has 1 aliphatic heterocycles. The zero-order chi connectivity index (χ0) is 11.5. The van der Waals surface area contributed by atoms with Crippen LogP contribution >= 0.6 is 11.8 Å². The second kappa shape index (κ2) is 5.17. The Morgan fingerprint density at radius 3 is 3.00 bits per heavy atom. The van der Waals surface area contributed by atoms with Gasteiger partial charge in [0, 0.05) is 22.3 Å². The summed E-state index contributed by atoms with van der Waals surface area (Å²) in [6.07, 6.45) is 1.17. The lowest BCUT2D eigenvalue weighted by Gasteiger charge is -2.15. The van der Waals surface area contributed by atoms with Crippen LogP contribution in [0, 0.1) is 5.82 Å². The molecule has 2 rings (SSSR count). The standard InChI is InChI=1S/C12H15FO2S/c1-8-11(5-6-15-8)16-12-4-2-3-10(13)9(12)7-14/h2-4,8,11,14H,5-7H2,1H3.